The number of rotatable bonds is 12. The van der Waals surface area contributed by atoms with Crippen LogP contribution in [0.2, 0.25) is 0 Å². The first-order valence-electron chi connectivity index (χ1n) is 18.2. The van der Waals surface area contributed by atoms with E-state index in [0.717, 1.165) is 5.56 Å². The molecule has 2 fully saturated rings. The molecule has 0 radical (unpaired) electrons. The number of amides is 2. The number of oxazole rings is 1. The van der Waals surface area contributed by atoms with E-state index < -0.39 is 48.0 Å². The van der Waals surface area contributed by atoms with Gasteiger partial charge in [0.05, 0.1) is 37.2 Å². The number of hydrogen-bond acceptors (Lipinski definition) is 11. The Morgan fingerprint density at radius 1 is 1.15 bits per heavy atom. The lowest BCUT2D eigenvalue weighted by Gasteiger charge is -2.46. The van der Waals surface area contributed by atoms with Gasteiger partial charge in [-0.3, -0.25) is 24.4 Å². The molecule has 2 aromatic heterocycles. The number of carbonyl (C=O) groups excluding carboxylic acids is 2. The van der Waals surface area contributed by atoms with E-state index in [1.807, 2.05) is 69.1 Å². The third-order valence-corrected chi connectivity index (χ3v) is 10.7. The molecule has 0 aliphatic carbocycles. The van der Waals surface area contributed by atoms with Crippen LogP contribution in [0.3, 0.4) is 0 Å². The summed E-state index contributed by atoms with van der Waals surface area (Å²) in [6.07, 6.45) is -0.779. The Morgan fingerprint density at radius 2 is 1.91 bits per heavy atom. The Balaban J connectivity index is 1.17. The molecule has 5 heterocycles. The van der Waals surface area contributed by atoms with Crippen LogP contribution in [0.25, 0.3) is 11.3 Å². The summed E-state index contributed by atoms with van der Waals surface area (Å²) < 4.78 is 63.3. The Bertz CT molecular complexity index is 1800. The van der Waals surface area contributed by atoms with E-state index in [-0.39, 0.29) is 44.1 Å². The van der Waals surface area contributed by atoms with Crippen molar-refractivity contribution in [1.82, 2.24) is 30.0 Å². The minimum absolute atomic E-state index is 0.0296. The van der Waals surface area contributed by atoms with Crippen molar-refractivity contribution in [3.63, 3.8) is 0 Å². The van der Waals surface area contributed by atoms with Crippen molar-refractivity contribution < 1.29 is 46.5 Å². The van der Waals surface area contributed by atoms with Crippen molar-refractivity contribution in [1.29, 1.82) is 0 Å². The van der Waals surface area contributed by atoms with Crippen molar-refractivity contribution in [3.8, 4) is 22.8 Å². The zero-order chi connectivity index (χ0) is 39.0. The van der Waals surface area contributed by atoms with Crippen molar-refractivity contribution >= 4 is 11.8 Å². The van der Waals surface area contributed by atoms with E-state index >= 15 is 0 Å². The number of piperazine rings is 1. The highest BCUT2D eigenvalue weighted by Gasteiger charge is 2.54. The van der Waals surface area contributed by atoms with Crippen LogP contribution in [0.5, 0.6) is 11.5 Å². The lowest BCUT2D eigenvalue weighted by Crippen LogP contribution is -2.63. The SMILES string of the molecule is CC[C@H](C[C@H](O)CN1CCN(C(C)(C)c2ncc(-c3cncc(OC)c3)o2)C[C@H]1C(=O)NCC(F)(F)F)C(=O)N1[C@H]2c3ccccc3OC[C@H]2OC1(C)C. The van der Waals surface area contributed by atoms with Gasteiger partial charge in [0.15, 0.2) is 5.76 Å². The van der Waals surface area contributed by atoms with E-state index in [9.17, 15) is 27.9 Å². The zero-order valence-electron chi connectivity index (χ0n) is 31.4. The first-order valence-corrected chi connectivity index (χ1v) is 18.2. The Morgan fingerprint density at radius 3 is 2.63 bits per heavy atom. The van der Waals surface area contributed by atoms with Crippen LogP contribution in [-0.4, -0.2) is 118 Å². The van der Waals surface area contributed by atoms with Crippen LogP contribution in [0.4, 0.5) is 13.2 Å². The number of β-amino-alcohol motifs (C(OH)–C–C–N with tert-alkyl or cyclic N) is 1. The van der Waals surface area contributed by atoms with E-state index in [1.54, 1.807) is 34.5 Å². The van der Waals surface area contributed by atoms with E-state index in [4.69, 9.17) is 18.6 Å². The Hall–Kier alpha value is -4.25. The highest BCUT2D eigenvalue weighted by atomic mass is 19.4. The molecule has 13 nitrogen and oxygen atoms in total. The Kier molecular flexibility index (Phi) is 11.3. The number of aliphatic hydroxyl groups is 1. The molecular weight excluding hydrogens is 709 g/mol. The van der Waals surface area contributed by atoms with Gasteiger partial charge in [-0.2, -0.15) is 13.2 Å². The third-order valence-electron chi connectivity index (χ3n) is 10.7. The van der Waals surface area contributed by atoms with Crippen LogP contribution in [0.1, 0.15) is 65.0 Å². The number of nitrogens with one attached hydrogen (secondary N) is 1. The summed E-state index contributed by atoms with van der Waals surface area (Å²) in [7, 11) is 1.53. The molecule has 16 heteroatoms. The number of fused-ring (bicyclic) bond motifs is 3. The van der Waals surface area contributed by atoms with Gasteiger partial charge in [0.1, 0.15) is 42.5 Å². The van der Waals surface area contributed by atoms with Crippen LogP contribution in [-0.2, 0) is 19.9 Å². The molecule has 0 saturated carbocycles. The van der Waals surface area contributed by atoms with Gasteiger partial charge in [0.25, 0.3) is 0 Å². The van der Waals surface area contributed by atoms with Crippen LogP contribution >= 0.6 is 0 Å². The molecule has 3 aliphatic heterocycles. The standard InChI is InChI=1S/C38H49F3N6O7/c1-7-23(34(50)47-32-27-10-8-9-11-29(27)52-21-31(32)54-37(47,4)5)14-25(48)19-45-12-13-46(20-28(45)33(49)44-22-38(39,40)41)36(2,3)35-43-18-30(53-35)24-15-26(51-6)17-42-16-24/h8-11,15-18,23,25,28,31-32,48H,7,12-14,19-22H2,1-6H3,(H,44,49)/t23-,25+,28+,31-,32+/m1/s1. The normalized spacial score (nSPS) is 22.9. The number of nitrogens with zero attached hydrogens (tertiary/aromatic N) is 5. The van der Waals surface area contributed by atoms with Crippen molar-refractivity contribution in [2.75, 3.05) is 46.4 Å². The van der Waals surface area contributed by atoms with Gasteiger partial charge >= 0.3 is 6.18 Å². The zero-order valence-corrected chi connectivity index (χ0v) is 31.4. The van der Waals surface area contributed by atoms with Crippen molar-refractivity contribution in [2.45, 2.75) is 89.2 Å². The third kappa shape index (κ3) is 8.21. The maximum absolute atomic E-state index is 14.3. The molecule has 2 saturated heterocycles. The monoisotopic (exact) mass is 758 g/mol. The predicted octanol–water partition coefficient (Wildman–Crippen LogP) is 4.52. The molecule has 6 rings (SSSR count). The largest absolute Gasteiger partial charge is 0.495 e. The number of alkyl halides is 3. The molecule has 0 unspecified atom stereocenters. The topological polar surface area (TPSA) is 143 Å². The van der Waals surface area contributed by atoms with Gasteiger partial charge in [-0.1, -0.05) is 25.1 Å². The van der Waals surface area contributed by atoms with Gasteiger partial charge < -0.3 is 34.0 Å². The lowest BCUT2D eigenvalue weighted by atomic mass is 9.91. The first-order chi connectivity index (χ1) is 25.5. The van der Waals surface area contributed by atoms with Gasteiger partial charge in [0, 0.05) is 49.4 Å². The fourth-order valence-electron chi connectivity index (χ4n) is 7.79. The summed E-state index contributed by atoms with van der Waals surface area (Å²) in [5.74, 6) is 0.444. The number of benzene rings is 1. The number of para-hydroxylation sites is 1. The Labute approximate surface area is 312 Å². The summed E-state index contributed by atoms with van der Waals surface area (Å²) in [5, 5.41) is 13.5. The second-order valence-corrected chi connectivity index (χ2v) is 15.1. The molecule has 3 aromatic rings. The number of methoxy groups -OCH3 is 1. The summed E-state index contributed by atoms with van der Waals surface area (Å²) in [4.78, 5) is 41.8. The second kappa shape index (κ2) is 15.5. The highest BCUT2D eigenvalue weighted by molar-refractivity contribution is 5.82. The van der Waals surface area contributed by atoms with E-state index in [0.29, 0.717) is 48.3 Å². The van der Waals surface area contributed by atoms with Gasteiger partial charge in [-0.25, -0.2) is 4.98 Å². The van der Waals surface area contributed by atoms with Crippen molar-refractivity contribution in [2.24, 2.45) is 5.92 Å². The van der Waals surface area contributed by atoms with Crippen molar-refractivity contribution in [3.05, 3.63) is 60.4 Å². The molecule has 2 amide bonds. The van der Waals surface area contributed by atoms with Gasteiger partial charge in [-0.15, -0.1) is 0 Å². The first kappa shape index (κ1) is 39.4. The summed E-state index contributed by atoms with van der Waals surface area (Å²) in [6, 6.07) is 7.90. The fraction of sp³-hybridized carbons (Fsp3) is 0.579. The van der Waals surface area contributed by atoms with E-state index in [2.05, 4.69) is 9.97 Å². The van der Waals surface area contributed by atoms with Crippen LogP contribution < -0.4 is 14.8 Å². The fourth-order valence-corrected chi connectivity index (χ4v) is 7.79. The smallest absolute Gasteiger partial charge is 0.405 e. The average molecular weight is 759 g/mol. The number of pyridine rings is 1. The molecule has 294 valence electrons. The van der Waals surface area contributed by atoms with E-state index in [1.165, 1.54) is 7.11 Å². The average Bonchev–Trinajstić information content (AvgIpc) is 3.75. The maximum atomic E-state index is 14.3. The molecule has 0 spiro atoms. The lowest BCUT2D eigenvalue weighted by molar-refractivity contribution is -0.153. The number of hydrogen-bond donors (Lipinski definition) is 2. The second-order valence-electron chi connectivity index (χ2n) is 15.1. The summed E-state index contributed by atoms with van der Waals surface area (Å²) in [5.41, 5.74) is -0.308. The molecule has 3 aliphatic rings. The number of ether oxygens (including phenoxy) is 3. The number of aliphatic hydroxyl groups excluding tert-OH is 1. The molecule has 0 bridgehead atoms. The molecule has 54 heavy (non-hydrogen) atoms. The maximum Gasteiger partial charge on any atom is 0.405 e. The quantitative estimate of drug-likeness (QED) is 0.269. The number of halogens is 3. The molecule has 2 N–H and O–H groups in total. The predicted molar refractivity (Wildman–Crippen MR) is 190 cm³/mol. The summed E-state index contributed by atoms with van der Waals surface area (Å²) in [6.45, 7) is 8.73. The number of carbonyl (C=O) groups is 2. The highest BCUT2D eigenvalue weighted by Crippen LogP contribution is 2.48. The molecule has 5 atom stereocenters. The summed E-state index contributed by atoms with van der Waals surface area (Å²) >= 11 is 0. The van der Waals surface area contributed by atoms with Gasteiger partial charge in [0.2, 0.25) is 17.7 Å². The van der Waals surface area contributed by atoms with Gasteiger partial charge in [-0.05, 0) is 52.7 Å². The minimum atomic E-state index is -4.61. The molecular formula is C38H49F3N6O7. The number of aromatic nitrogens is 2. The minimum Gasteiger partial charge on any atom is -0.495 e. The van der Waals surface area contributed by atoms with Crippen LogP contribution in [0.15, 0.2) is 53.3 Å². The molecule has 1 aromatic carbocycles. The van der Waals surface area contributed by atoms with Crippen LogP contribution in [0, 0.1) is 5.92 Å².